The summed E-state index contributed by atoms with van der Waals surface area (Å²) in [7, 11) is 0. The number of halogens is 1. The molecule has 0 radical (unpaired) electrons. The molecule has 1 aromatic carbocycles. The van der Waals surface area contributed by atoms with Crippen molar-refractivity contribution in [3.63, 3.8) is 0 Å². The van der Waals surface area contributed by atoms with Crippen LogP contribution in [0.2, 0.25) is 5.02 Å². The average molecular weight is 280 g/mol. The molecule has 0 atom stereocenters. The predicted molar refractivity (Wildman–Crippen MR) is 72.4 cm³/mol. The summed E-state index contributed by atoms with van der Waals surface area (Å²) in [6.07, 6.45) is 0. The molecular weight excluding hydrogens is 266 g/mol. The number of hydrogen-bond acceptors (Lipinski definition) is 3. The lowest BCUT2D eigenvalue weighted by Crippen LogP contribution is -2.23. The van der Waals surface area contributed by atoms with Crippen LogP contribution in [0, 0.1) is 0 Å². The van der Waals surface area contributed by atoms with Crippen molar-refractivity contribution in [2.24, 2.45) is 0 Å². The van der Waals surface area contributed by atoms with Crippen LogP contribution in [0.1, 0.15) is 23.0 Å². The summed E-state index contributed by atoms with van der Waals surface area (Å²) in [5.41, 5.74) is 1.27. The SMILES string of the molecule is CCOc1cc(C(=O)NCc2ccc(Cl)cc2)n[nH]1. The lowest BCUT2D eigenvalue weighted by Gasteiger charge is -2.03. The van der Waals surface area contributed by atoms with Crippen LogP contribution in [0.5, 0.6) is 5.88 Å². The summed E-state index contributed by atoms with van der Waals surface area (Å²) in [5, 5.41) is 9.96. The Morgan fingerprint density at radius 2 is 2.16 bits per heavy atom. The van der Waals surface area contributed by atoms with Crippen LogP contribution in [0.25, 0.3) is 0 Å². The van der Waals surface area contributed by atoms with Crippen LogP contribution in [-0.2, 0) is 6.54 Å². The van der Waals surface area contributed by atoms with Crippen LogP contribution in [0.15, 0.2) is 30.3 Å². The van der Waals surface area contributed by atoms with Gasteiger partial charge in [-0.05, 0) is 24.6 Å². The van der Waals surface area contributed by atoms with Gasteiger partial charge in [0.1, 0.15) is 0 Å². The van der Waals surface area contributed by atoms with Gasteiger partial charge in [-0.15, -0.1) is 0 Å². The van der Waals surface area contributed by atoms with Gasteiger partial charge in [0.05, 0.1) is 6.61 Å². The second kappa shape index (κ2) is 6.24. The molecule has 5 nitrogen and oxygen atoms in total. The molecule has 6 heteroatoms. The van der Waals surface area contributed by atoms with Crippen LogP contribution < -0.4 is 10.1 Å². The quantitative estimate of drug-likeness (QED) is 0.883. The molecule has 0 bridgehead atoms. The Hall–Kier alpha value is -2.01. The highest BCUT2D eigenvalue weighted by molar-refractivity contribution is 6.30. The zero-order chi connectivity index (χ0) is 13.7. The molecule has 0 spiro atoms. The van der Waals surface area contributed by atoms with E-state index in [-0.39, 0.29) is 5.91 Å². The van der Waals surface area contributed by atoms with Gasteiger partial charge in [0.15, 0.2) is 5.69 Å². The van der Waals surface area contributed by atoms with E-state index < -0.39 is 0 Å². The third kappa shape index (κ3) is 3.72. The van der Waals surface area contributed by atoms with Crippen molar-refractivity contribution in [1.82, 2.24) is 15.5 Å². The molecule has 0 saturated carbocycles. The first-order valence-electron chi connectivity index (χ1n) is 5.90. The number of H-pyrrole nitrogens is 1. The number of carbonyl (C=O) groups excluding carboxylic acids is 1. The molecule has 0 aliphatic heterocycles. The highest BCUT2D eigenvalue weighted by Crippen LogP contribution is 2.10. The average Bonchev–Trinajstić information content (AvgIpc) is 2.87. The minimum Gasteiger partial charge on any atom is -0.478 e. The van der Waals surface area contributed by atoms with Crippen LogP contribution in [0.3, 0.4) is 0 Å². The van der Waals surface area contributed by atoms with Crippen LogP contribution in [0.4, 0.5) is 0 Å². The molecule has 0 saturated heterocycles. The Balaban J connectivity index is 1.91. The molecule has 1 heterocycles. The third-order valence-corrected chi connectivity index (χ3v) is 2.71. The number of amides is 1. The number of aromatic nitrogens is 2. The van der Waals surface area contributed by atoms with E-state index in [0.29, 0.717) is 29.7 Å². The molecule has 2 N–H and O–H groups in total. The van der Waals surface area contributed by atoms with Gasteiger partial charge in [0, 0.05) is 17.6 Å². The Morgan fingerprint density at radius 1 is 1.42 bits per heavy atom. The lowest BCUT2D eigenvalue weighted by molar-refractivity contribution is 0.0946. The van der Waals surface area contributed by atoms with Crippen molar-refractivity contribution in [1.29, 1.82) is 0 Å². The molecule has 1 aromatic heterocycles. The van der Waals surface area contributed by atoms with E-state index in [9.17, 15) is 4.79 Å². The van der Waals surface area contributed by atoms with Gasteiger partial charge in [-0.25, -0.2) is 5.10 Å². The molecular formula is C13H14ClN3O2. The van der Waals surface area contributed by atoms with Crippen molar-refractivity contribution in [2.45, 2.75) is 13.5 Å². The molecule has 2 rings (SSSR count). The molecule has 2 aromatic rings. The first-order chi connectivity index (χ1) is 9.19. The van der Waals surface area contributed by atoms with E-state index in [1.165, 1.54) is 0 Å². The van der Waals surface area contributed by atoms with Gasteiger partial charge < -0.3 is 10.1 Å². The van der Waals surface area contributed by atoms with Crippen molar-refractivity contribution < 1.29 is 9.53 Å². The summed E-state index contributed by atoms with van der Waals surface area (Å²) >= 11 is 5.79. The molecule has 0 fully saturated rings. The first kappa shape index (κ1) is 13.4. The highest BCUT2D eigenvalue weighted by Gasteiger charge is 2.10. The number of benzene rings is 1. The Bertz CT molecular complexity index is 551. The molecule has 0 aliphatic rings. The monoisotopic (exact) mass is 279 g/mol. The molecule has 100 valence electrons. The minimum absolute atomic E-state index is 0.253. The summed E-state index contributed by atoms with van der Waals surface area (Å²) in [5.74, 6) is 0.233. The normalized spacial score (nSPS) is 10.2. The third-order valence-electron chi connectivity index (χ3n) is 2.45. The molecule has 0 unspecified atom stereocenters. The van der Waals surface area contributed by atoms with Crippen molar-refractivity contribution in [3.8, 4) is 5.88 Å². The van der Waals surface area contributed by atoms with Crippen LogP contribution >= 0.6 is 11.6 Å². The number of aromatic amines is 1. The highest BCUT2D eigenvalue weighted by atomic mass is 35.5. The van der Waals surface area contributed by atoms with E-state index in [4.69, 9.17) is 16.3 Å². The van der Waals surface area contributed by atoms with Crippen LogP contribution in [-0.4, -0.2) is 22.7 Å². The number of nitrogens with zero attached hydrogens (tertiary/aromatic N) is 1. The summed E-state index contributed by atoms with van der Waals surface area (Å²) < 4.78 is 5.20. The Morgan fingerprint density at radius 3 is 2.84 bits per heavy atom. The minimum atomic E-state index is -0.253. The Labute approximate surface area is 115 Å². The van der Waals surface area contributed by atoms with Gasteiger partial charge in [0.25, 0.3) is 5.91 Å². The fourth-order valence-electron chi connectivity index (χ4n) is 1.52. The van der Waals surface area contributed by atoms with Crippen molar-refractivity contribution in [2.75, 3.05) is 6.61 Å². The predicted octanol–water partition coefficient (Wildman–Crippen LogP) is 2.39. The number of nitrogens with one attached hydrogen (secondary N) is 2. The van der Waals surface area contributed by atoms with Gasteiger partial charge in [-0.2, -0.15) is 5.10 Å². The van der Waals surface area contributed by atoms with Gasteiger partial charge >= 0.3 is 0 Å². The van der Waals surface area contributed by atoms with Gasteiger partial charge in [-0.1, -0.05) is 23.7 Å². The smallest absolute Gasteiger partial charge is 0.272 e. The number of ether oxygens (including phenoxy) is 1. The Kier molecular flexibility index (Phi) is 4.41. The molecule has 19 heavy (non-hydrogen) atoms. The van der Waals surface area contributed by atoms with Crippen molar-refractivity contribution >= 4 is 17.5 Å². The zero-order valence-electron chi connectivity index (χ0n) is 10.4. The zero-order valence-corrected chi connectivity index (χ0v) is 11.2. The fourth-order valence-corrected chi connectivity index (χ4v) is 1.65. The molecule has 0 aliphatic carbocycles. The summed E-state index contributed by atoms with van der Waals surface area (Å²) in [6.45, 7) is 2.81. The molecule has 1 amide bonds. The van der Waals surface area contributed by atoms with E-state index in [2.05, 4.69) is 15.5 Å². The second-order valence-electron chi connectivity index (χ2n) is 3.86. The van der Waals surface area contributed by atoms with E-state index in [1.54, 1.807) is 18.2 Å². The summed E-state index contributed by atoms with van der Waals surface area (Å²) in [4.78, 5) is 11.8. The lowest BCUT2D eigenvalue weighted by atomic mass is 10.2. The van der Waals surface area contributed by atoms with E-state index in [0.717, 1.165) is 5.56 Å². The summed E-state index contributed by atoms with van der Waals surface area (Å²) in [6, 6.07) is 8.85. The number of hydrogen-bond donors (Lipinski definition) is 2. The maximum atomic E-state index is 11.8. The van der Waals surface area contributed by atoms with Crippen molar-refractivity contribution in [3.05, 3.63) is 46.6 Å². The maximum absolute atomic E-state index is 11.8. The second-order valence-corrected chi connectivity index (χ2v) is 4.30. The largest absolute Gasteiger partial charge is 0.478 e. The van der Waals surface area contributed by atoms with Gasteiger partial charge in [0.2, 0.25) is 5.88 Å². The van der Waals surface area contributed by atoms with Gasteiger partial charge in [-0.3, -0.25) is 4.79 Å². The van der Waals surface area contributed by atoms with E-state index in [1.807, 2.05) is 19.1 Å². The van der Waals surface area contributed by atoms with E-state index >= 15 is 0 Å². The number of carbonyl (C=O) groups is 1. The number of rotatable bonds is 5. The first-order valence-corrected chi connectivity index (χ1v) is 6.27. The standard InChI is InChI=1S/C13H14ClN3O2/c1-2-19-12-7-11(16-17-12)13(18)15-8-9-3-5-10(14)6-4-9/h3-7H,2,8H2,1H3,(H,15,18)(H,16,17). The topological polar surface area (TPSA) is 67.0 Å². The fraction of sp³-hybridized carbons (Fsp3) is 0.231. The maximum Gasteiger partial charge on any atom is 0.272 e.